The van der Waals surface area contributed by atoms with E-state index >= 15 is 0 Å². The van der Waals surface area contributed by atoms with Gasteiger partial charge in [0.1, 0.15) is 0 Å². The van der Waals surface area contributed by atoms with Crippen molar-refractivity contribution in [1.82, 2.24) is 14.9 Å². The number of hydrogen-bond acceptors (Lipinski definition) is 7. The van der Waals surface area contributed by atoms with Crippen molar-refractivity contribution >= 4 is 22.4 Å². The topological polar surface area (TPSA) is 120 Å². The molecule has 1 aliphatic carbocycles. The molecule has 1 unspecified atom stereocenters. The molecule has 2 fully saturated rings. The molecule has 0 spiro atoms. The molecule has 4 rings (SSSR count). The van der Waals surface area contributed by atoms with Gasteiger partial charge in [-0.15, -0.1) is 12.4 Å². The molecule has 3 N–H and O–H groups in total. The predicted molar refractivity (Wildman–Crippen MR) is 101 cm³/mol. The van der Waals surface area contributed by atoms with E-state index in [1.807, 2.05) is 0 Å². The van der Waals surface area contributed by atoms with Crippen LogP contribution in [0.2, 0.25) is 0 Å². The Bertz CT molecular complexity index is 875. The highest BCUT2D eigenvalue weighted by Gasteiger charge is 2.39. The monoisotopic (exact) mass is 414 g/mol. The molecule has 1 saturated carbocycles. The number of benzene rings is 1. The fraction of sp³-hybridized carbons (Fsp3) is 0.529. The molecule has 27 heavy (non-hydrogen) atoms. The summed E-state index contributed by atoms with van der Waals surface area (Å²) in [6.45, 7) is 0.979. The van der Waals surface area contributed by atoms with Gasteiger partial charge in [-0.1, -0.05) is 5.16 Å². The summed E-state index contributed by atoms with van der Waals surface area (Å²) in [4.78, 5) is 4.56. The second-order valence-corrected chi connectivity index (χ2v) is 8.71. The lowest BCUT2D eigenvalue weighted by Gasteiger charge is -2.34. The minimum atomic E-state index is -3.58. The van der Waals surface area contributed by atoms with Crippen LogP contribution < -0.4 is 10.5 Å². The highest BCUT2D eigenvalue weighted by Crippen LogP contribution is 2.37. The molecule has 2 aliphatic rings. The highest BCUT2D eigenvalue weighted by molar-refractivity contribution is 7.89. The van der Waals surface area contributed by atoms with Crippen molar-refractivity contribution in [2.75, 3.05) is 13.2 Å². The summed E-state index contributed by atoms with van der Waals surface area (Å²) in [7, 11) is -3.58. The standard InChI is InChI=1S/C17H22N4O4S.ClH/c18-17(8-2-9-17)16-20-15(25-21-16)12-4-6-14(7-5-12)26(22,23)19-11-13-3-1-10-24-13;/h4-7,13,19H,1-3,8-11,18H2;1H. The zero-order chi connectivity index (χ0) is 18.2. The van der Waals surface area contributed by atoms with Crippen LogP contribution in [-0.4, -0.2) is 37.8 Å². The SMILES string of the molecule is Cl.NC1(c2noc(-c3ccc(S(=O)(=O)NCC4CCCO4)cc3)n2)CCC1. The lowest BCUT2D eigenvalue weighted by molar-refractivity contribution is 0.114. The van der Waals surface area contributed by atoms with E-state index in [4.69, 9.17) is 15.0 Å². The Balaban J connectivity index is 0.00000210. The molecule has 148 valence electrons. The Labute approximate surface area is 164 Å². The second-order valence-electron chi connectivity index (χ2n) is 6.94. The molecule has 0 amide bonds. The van der Waals surface area contributed by atoms with Gasteiger partial charge in [0.2, 0.25) is 10.0 Å². The number of hydrogen-bond donors (Lipinski definition) is 2. The maximum atomic E-state index is 12.4. The molecular formula is C17H23ClN4O4S. The summed E-state index contributed by atoms with van der Waals surface area (Å²) in [5.74, 6) is 0.849. The number of aromatic nitrogens is 2. The molecule has 1 saturated heterocycles. The third-order valence-corrected chi connectivity index (χ3v) is 6.49. The third-order valence-electron chi connectivity index (χ3n) is 5.05. The van der Waals surface area contributed by atoms with Gasteiger partial charge in [0.15, 0.2) is 5.82 Å². The van der Waals surface area contributed by atoms with E-state index in [0.29, 0.717) is 23.9 Å². The number of nitrogens with one attached hydrogen (secondary N) is 1. The van der Waals surface area contributed by atoms with Crippen molar-refractivity contribution in [1.29, 1.82) is 0 Å². The Morgan fingerprint density at radius 3 is 2.56 bits per heavy atom. The number of sulfonamides is 1. The van der Waals surface area contributed by atoms with Crippen LogP contribution in [0.4, 0.5) is 0 Å². The highest BCUT2D eigenvalue weighted by atomic mass is 35.5. The van der Waals surface area contributed by atoms with E-state index in [1.165, 1.54) is 12.1 Å². The Morgan fingerprint density at radius 1 is 1.22 bits per heavy atom. The van der Waals surface area contributed by atoms with Crippen LogP contribution >= 0.6 is 12.4 Å². The van der Waals surface area contributed by atoms with Gasteiger partial charge in [-0.2, -0.15) is 4.98 Å². The van der Waals surface area contributed by atoms with E-state index in [-0.39, 0.29) is 30.0 Å². The second kappa shape index (κ2) is 7.84. The van der Waals surface area contributed by atoms with Gasteiger partial charge >= 0.3 is 0 Å². The fourth-order valence-electron chi connectivity index (χ4n) is 3.19. The first-order chi connectivity index (χ1) is 12.5. The zero-order valence-electron chi connectivity index (χ0n) is 14.8. The lowest BCUT2D eigenvalue weighted by atomic mass is 9.77. The first kappa shape index (κ1) is 20.2. The number of nitrogens with two attached hydrogens (primary N) is 1. The van der Waals surface area contributed by atoms with Crippen molar-refractivity contribution in [3.8, 4) is 11.5 Å². The number of rotatable bonds is 6. The van der Waals surface area contributed by atoms with Gasteiger partial charge < -0.3 is 15.0 Å². The largest absolute Gasteiger partial charge is 0.377 e. The van der Waals surface area contributed by atoms with Gasteiger partial charge in [-0.25, -0.2) is 13.1 Å². The Morgan fingerprint density at radius 2 is 1.96 bits per heavy atom. The van der Waals surface area contributed by atoms with E-state index < -0.39 is 15.6 Å². The smallest absolute Gasteiger partial charge is 0.257 e. The molecular weight excluding hydrogens is 392 g/mol. The first-order valence-corrected chi connectivity index (χ1v) is 10.3. The summed E-state index contributed by atoms with van der Waals surface area (Å²) >= 11 is 0. The molecule has 0 bridgehead atoms. The average Bonchev–Trinajstić information content (AvgIpc) is 3.30. The maximum Gasteiger partial charge on any atom is 0.257 e. The molecule has 2 aromatic rings. The zero-order valence-corrected chi connectivity index (χ0v) is 16.4. The minimum absolute atomic E-state index is 0. The molecule has 1 aromatic heterocycles. The summed E-state index contributed by atoms with van der Waals surface area (Å²) in [6, 6.07) is 6.36. The van der Waals surface area contributed by atoms with Crippen LogP contribution in [0.1, 0.15) is 37.9 Å². The van der Waals surface area contributed by atoms with Crippen LogP contribution in [-0.2, 0) is 20.3 Å². The summed E-state index contributed by atoms with van der Waals surface area (Å²) < 4.78 is 38.1. The summed E-state index contributed by atoms with van der Waals surface area (Å²) in [5.41, 5.74) is 6.37. The average molecular weight is 415 g/mol. The number of ether oxygens (including phenoxy) is 1. The summed E-state index contributed by atoms with van der Waals surface area (Å²) in [6.07, 6.45) is 4.56. The summed E-state index contributed by atoms with van der Waals surface area (Å²) in [5, 5.41) is 3.98. The van der Waals surface area contributed by atoms with Gasteiger partial charge in [0, 0.05) is 18.7 Å². The Kier molecular flexibility index (Phi) is 5.87. The van der Waals surface area contributed by atoms with Crippen LogP contribution in [0, 0.1) is 0 Å². The van der Waals surface area contributed by atoms with Crippen molar-refractivity contribution in [3.63, 3.8) is 0 Å². The van der Waals surface area contributed by atoms with Crippen molar-refractivity contribution < 1.29 is 17.7 Å². The van der Waals surface area contributed by atoms with Crippen LogP contribution in [0.3, 0.4) is 0 Å². The molecule has 1 atom stereocenters. The number of halogens is 1. The molecule has 8 nitrogen and oxygen atoms in total. The van der Waals surface area contributed by atoms with Crippen molar-refractivity contribution in [2.24, 2.45) is 5.73 Å². The third kappa shape index (κ3) is 4.17. The molecule has 2 heterocycles. The van der Waals surface area contributed by atoms with Gasteiger partial charge in [-0.3, -0.25) is 0 Å². The molecule has 1 aromatic carbocycles. The van der Waals surface area contributed by atoms with Gasteiger partial charge in [-0.05, 0) is 56.4 Å². The van der Waals surface area contributed by atoms with Crippen molar-refractivity contribution in [2.45, 2.75) is 48.6 Å². The van der Waals surface area contributed by atoms with E-state index in [0.717, 1.165) is 32.1 Å². The first-order valence-electron chi connectivity index (χ1n) is 8.81. The minimum Gasteiger partial charge on any atom is -0.377 e. The molecule has 1 aliphatic heterocycles. The Hall–Kier alpha value is -1.52. The van der Waals surface area contributed by atoms with E-state index in [9.17, 15) is 8.42 Å². The van der Waals surface area contributed by atoms with Crippen LogP contribution in [0.5, 0.6) is 0 Å². The normalized spacial score (nSPS) is 21.4. The number of nitrogens with zero attached hydrogens (tertiary/aromatic N) is 2. The fourth-order valence-corrected chi connectivity index (χ4v) is 4.26. The van der Waals surface area contributed by atoms with Gasteiger partial charge in [0.05, 0.1) is 16.5 Å². The van der Waals surface area contributed by atoms with E-state index in [2.05, 4.69) is 14.9 Å². The van der Waals surface area contributed by atoms with Crippen LogP contribution in [0.15, 0.2) is 33.7 Å². The molecule has 0 radical (unpaired) electrons. The van der Waals surface area contributed by atoms with Gasteiger partial charge in [0.25, 0.3) is 5.89 Å². The maximum absolute atomic E-state index is 12.4. The predicted octanol–water partition coefficient (Wildman–Crippen LogP) is 1.95. The lowest BCUT2D eigenvalue weighted by Crippen LogP contribution is -2.44. The van der Waals surface area contributed by atoms with Crippen molar-refractivity contribution in [3.05, 3.63) is 30.1 Å². The molecule has 10 heteroatoms. The quantitative estimate of drug-likeness (QED) is 0.740. The van der Waals surface area contributed by atoms with E-state index in [1.54, 1.807) is 12.1 Å². The van der Waals surface area contributed by atoms with Crippen LogP contribution in [0.25, 0.3) is 11.5 Å².